The number of Topliss-reactive ketones (excluding diaryl/α,β-unsaturated/α-hetero) is 2. The molecule has 0 N–H and O–H groups in total. The van der Waals surface area contributed by atoms with Crippen LogP contribution in [0.15, 0.2) is 84.8 Å². The monoisotopic (exact) mass is 504 g/mol. The van der Waals surface area contributed by atoms with Gasteiger partial charge in [-0.2, -0.15) is 0 Å². The molecular weight excluding hydrogens is 488 g/mol. The van der Waals surface area contributed by atoms with Crippen molar-refractivity contribution in [3.8, 4) is 3.70 Å². The van der Waals surface area contributed by atoms with Crippen LogP contribution >= 0.6 is 0 Å². The molecule has 5 aromatic rings. The van der Waals surface area contributed by atoms with Crippen LogP contribution in [0.2, 0.25) is 0 Å². The third-order valence-corrected chi connectivity index (χ3v) is 8.44. The van der Waals surface area contributed by atoms with Gasteiger partial charge in [-0.1, -0.05) is 0 Å². The molecule has 1 aliphatic carbocycles. The van der Waals surface area contributed by atoms with Gasteiger partial charge in [0, 0.05) is 0 Å². The summed E-state index contributed by atoms with van der Waals surface area (Å²) in [6.07, 6.45) is 7.52. The van der Waals surface area contributed by atoms with E-state index in [0.717, 1.165) is 25.3 Å². The van der Waals surface area contributed by atoms with Crippen molar-refractivity contribution in [2.24, 2.45) is 0 Å². The third-order valence-electron chi connectivity index (χ3n) is 5.50. The second kappa shape index (κ2) is 6.63. The van der Waals surface area contributed by atoms with Gasteiger partial charge in [-0.25, -0.2) is 0 Å². The summed E-state index contributed by atoms with van der Waals surface area (Å²) in [5, 5.41) is 3.10. The molecule has 30 heavy (non-hydrogen) atoms. The van der Waals surface area contributed by atoms with Crippen molar-refractivity contribution in [1.82, 2.24) is 9.55 Å². The van der Waals surface area contributed by atoms with Crippen molar-refractivity contribution in [1.29, 1.82) is 0 Å². The standard InChI is InChI=1S/C25H14N2O2Te/c28-24-19-11-16-3-1-2-4-17(16)12-20(19)25(29)21(24)13-18-5-6-23(30-18)27-10-8-15-7-9-26-14-22(15)27/h1-14H. The molecule has 4 nitrogen and oxygen atoms in total. The molecule has 0 radical (unpaired) electrons. The van der Waals surface area contributed by atoms with Gasteiger partial charge in [-0.3, -0.25) is 0 Å². The molecule has 0 aliphatic heterocycles. The van der Waals surface area contributed by atoms with Crippen LogP contribution in [-0.4, -0.2) is 41.5 Å². The molecule has 0 bridgehead atoms. The zero-order chi connectivity index (χ0) is 20.2. The van der Waals surface area contributed by atoms with Gasteiger partial charge < -0.3 is 0 Å². The van der Waals surface area contributed by atoms with E-state index >= 15 is 0 Å². The minimum absolute atomic E-state index is 0.168. The van der Waals surface area contributed by atoms with Gasteiger partial charge in [-0.15, -0.1) is 0 Å². The molecule has 0 saturated heterocycles. The molecule has 0 amide bonds. The average molecular weight is 502 g/mol. The van der Waals surface area contributed by atoms with Gasteiger partial charge >= 0.3 is 182 Å². The second-order valence-corrected chi connectivity index (χ2v) is 10.4. The summed E-state index contributed by atoms with van der Waals surface area (Å²) in [4.78, 5) is 30.2. The summed E-state index contributed by atoms with van der Waals surface area (Å²) in [6.45, 7) is 0. The Morgan fingerprint density at radius 3 is 2.30 bits per heavy atom. The van der Waals surface area contributed by atoms with Crippen LogP contribution in [-0.2, 0) is 0 Å². The number of nitrogens with zero attached hydrogens (tertiary/aromatic N) is 2. The fraction of sp³-hybridized carbons (Fsp3) is 0. The summed E-state index contributed by atoms with van der Waals surface area (Å²) in [6, 6.07) is 19.7. The molecule has 2 aromatic carbocycles. The van der Waals surface area contributed by atoms with Gasteiger partial charge in [0.1, 0.15) is 0 Å². The maximum absolute atomic E-state index is 13.0. The van der Waals surface area contributed by atoms with Gasteiger partial charge in [0.15, 0.2) is 0 Å². The topological polar surface area (TPSA) is 52.0 Å². The third kappa shape index (κ3) is 2.64. The predicted molar refractivity (Wildman–Crippen MR) is 119 cm³/mol. The van der Waals surface area contributed by atoms with Gasteiger partial charge in [0.25, 0.3) is 0 Å². The van der Waals surface area contributed by atoms with Crippen molar-refractivity contribution in [3.63, 3.8) is 0 Å². The summed E-state index contributed by atoms with van der Waals surface area (Å²) in [5.74, 6) is -0.337. The number of carbonyl (C=O) groups excluding carboxylic acids is 2. The molecule has 3 heterocycles. The number of aromatic nitrogens is 2. The second-order valence-electron chi connectivity index (χ2n) is 7.26. The average Bonchev–Trinajstić information content (AvgIpc) is 3.47. The fourth-order valence-corrected chi connectivity index (χ4v) is 6.70. The van der Waals surface area contributed by atoms with E-state index in [4.69, 9.17) is 0 Å². The van der Waals surface area contributed by atoms with Crippen LogP contribution in [0.5, 0.6) is 0 Å². The first-order chi connectivity index (χ1) is 14.7. The van der Waals surface area contributed by atoms with E-state index in [1.165, 1.54) is 3.70 Å². The Kier molecular flexibility index (Phi) is 3.89. The normalized spacial score (nSPS) is 13.4. The number of allylic oxidation sites excluding steroid dienone is 1. The van der Waals surface area contributed by atoms with E-state index in [2.05, 4.69) is 27.9 Å². The van der Waals surface area contributed by atoms with E-state index in [0.29, 0.717) is 11.1 Å². The first kappa shape index (κ1) is 17.6. The maximum atomic E-state index is 13.0. The summed E-state index contributed by atoms with van der Waals surface area (Å²) >= 11 is -0.717. The zero-order valence-corrected chi connectivity index (χ0v) is 18.0. The Morgan fingerprint density at radius 1 is 0.833 bits per heavy atom. The van der Waals surface area contributed by atoms with E-state index in [9.17, 15) is 9.59 Å². The molecule has 5 heteroatoms. The number of benzene rings is 2. The molecule has 0 saturated carbocycles. The number of ketones is 2. The van der Waals surface area contributed by atoms with Crippen LogP contribution in [0.4, 0.5) is 0 Å². The molecule has 1 aliphatic rings. The Balaban J connectivity index is 1.41. The molecule has 6 rings (SSSR count). The van der Waals surface area contributed by atoms with Gasteiger partial charge in [0.05, 0.1) is 0 Å². The molecule has 3 aromatic heterocycles. The van der Waals surface area contributed by atoms with Gasteiger partial charge in [-0.05, 0) is 0 Å². The van der Waals surface area contributed by atoms with E-state index in [-0.39, 0.29) is 17.1 Å². The number of fused-ring (bicyclic) bond motifs is 3. The van der Waals surface area contributed by atoms with E-state index in [1.54, 1.807) is 6.20 Å². The molecular formula is C25H14N2O2Te. The van der Waals surface area contributed by atoms with Crippen molar-refractivity contribution < 1.29 is 9.59 Å². The predicted octanol–water partition coefficient (Wildman–Crippen LogP) is 4.70. The van der Waals surface area contributed by atoms with Crippen molar-refractivity contribution in [2.75, 3.05) is 0 Å². The summed E-state index contributed by atoms with van der Waals surface area (Å²) in [7, 11) is 0. The first-order valence-corrected chi connectivity index (χ1v) is 11.9. The number of pyridine rings is 1. The SMILES string of the molecule is O=C1C(=Cc2ccc(-n3ccc4ccncc43)[te]2)C(=O)c2cc3ccccc3cc21. The summed E-state index contributed by atoms with van der Waals surface area (Å²) < 4.78 is 4.46. The number of carbonyl (C=O) groups is 2. The minimum atomic E-state index is -0.717. The molecule has 0 atom stereocenters. The molecule has 0 unspecified atom stereocenters. The Hall–Kier alpha value is -3.26. The first-order valence-electron chi connectivity index (χ1n) is 9.54. The Morgan fingerprint density at radius 2 is 1.57 bits per heavy atom. The number of hydrogen-bond acceptors (Lipinski definition) is 3. The zero-order valence-electron chi connectivity index (χ0n) is 15.7. The van der Waals surface area contributed by atoms with E-state index < -0.39 is 20.4 Å². The van der Waals surface area contributed by atoms with E-state index in [1.807, 2.05) is 60.8 Å². The van der Waals surface area contributed by atoms with Crippen LogP contribution in [0.25, 0.3) is 31.5 Å². The van der Waals surface area contributed by atoms with Crippen LogP contribution in [0, 0.1) is 0 Å². The fourth-order valence-electron chi connectivity index (χ4n) is 4.00. The van der Waals surface area contributed by atoms with Crippen LogP contribution < -0.4 is 0 Å². The Bertz CT molecular complexity index is 1480. The van der Waals surface area contributed by atoms with Gasteiger partial charge in [0.2, 0.25) is 0 Å². The molecule has 0 spiro atoms. The van der Waals surface area contributed by atoms with Crippen molar-refractivity contribution in [2.45, 2.75) is 0 Å². The summed E-state index contributed by atoms with van der Waals surface area (Å²) in [5.41, 5.74) is 2.38. The quantitative estimate of drug-likeness (QED) is 0.200. The molecule has 0 fully saturated rings. The van der Waals surface area contributed by atoms with Crippen molar-refractivity contribution in [3.05, 3.63) is 99.5 Å². The number of hydrogen-bond donors (Lipinski definition) is 0. The Labute approximate surface area is 181 Å². The number of rotatable bonds is 2. The van der Waals surface area contributed by atoms with Crippen LogP contribution in [0.3, 0.4) is 0 Å². The van der Waals surface area contributed by atoms with Crippen molar-refractivity contribution >= 4 is 59.7 Å². The molecule has 142 valence electrons. The van der Waals surface area contributed by atoms with Crippen LogP contribution in [0.1, 0.15) is 24.3 Å².